The summed E-state index contributed by atoms with van der Waals surface area (Å²) in [5.41, 5.74) is 4.14. The second-order valence-corrected chi connectivity index (χ2v) is 9.97. The Morgan fingerprint density at radius 1 is 0.844 bits per heavy atom. The van der Waals surface area contributed by atoms with Crippen LogP contribution in [-0.4, -0.2) is 38.8 Å². The van der Waals surface area contributed by atoms with E-state index in [1.165, 1.54) is 9.21 Å². The molecular weight excluding hydrogens is 420 g/mol. The summed E-state index contributed by atoms with van der Waals surface area (Å²) in [7, 11) is -2.21. The third-order valence-corrected chi connectivity index (χ3v) is 7.68. The standard InChI is InChI=1S/C26H30N2O3S/c1-20-17-21(2)26(22(3)18-20)32(30,31)28(16-15-23-11-7-5-8-12-23)19-25(29)27(4)24-13-9-6-10-14-24/h5-14,17-18H,15-16,19H2,1-4H3. The first kappa shape index (κ1) is 23.7. The van der Waals surface area contributed by atoms with E-state index in [0.717, 1.165) is 16.8 Å². The van der Waals surface area contributed by atoms with Crippen molar-refractivity contribution in [2.24, 2.45) is 0 Å². The van der Waals surface area contributed by atoms with Crippen molar-refractivity contribution >= 4 is 21.6 Å². The number of likely N-dealkylation sites (N-methyl/N-ethyl adjacent to an activating group) is 1. The fraction of sp³-hybridized carbons (Fsp3) is 0.269. The van der Waals surface area contributed by atoms with E-state index >= 15 is 0 Å². The number of rotatable bonds is 8. The molecule has 0 aliphatic rings. The molecule has 0 N–H and O–H groups in total. The number of amides is 1. The van der Waals surface area contributed by atoms with Gasteiger partial charge in [0.25, 0.3) is 0 Å². The molecule has 0 heterocycles. The molecule has 3 aromatic carbocycles. The van der Waals surface area contributed by atoms with E-state index in [1.807, 2.05) is 79.7 Å². The number of benzene rings is 3. The lowest BCUT2D eigenvalue weighted by Gasteiger charge is -2.26. The summed E-state index contributed by atoms with van der Waals surface area (Å²) in [5, 5.41) is 0. The van der Waals surface area contributed by atoms with Crippen LogP contribution >= 0.6 is 0 Å². The van der Waals surface area contributed by atoms with Crippen LogP contribution in [0.15, 0.2) is 77.7 Å². The zero-order valence-electron chi connectivity index (χ0n) is 19.1. The largest absolute Gasteiger partial charge is 0.314 e. The molecule has 0 unspecified atom stereocenters. The summed E-state index contributed by atoms with van der Waals surface area (Å²) in [6.45, 7) is 5.54. The molecule has 0 spiro atoms. The van der Waals surface area contributed by atoms with Gasteiger partial charge in [0.15, 0.2) is 0 Å². The van der Waals surface area contributed by atoms with E-state index in [-0.39, 0.29) is 23.9 Å². The number of hydrogen-bond acceptors (Lipinski definition) is 3. The lowest BCUT2D eigenvalue weighted by Crippen LogP contribution is -2.42. The second-order valence-electron chi connectivity index (χ2n) is 8.09. The summed E-state index contributed by atoms with van der Waals surface area (Å²) in [6.07, 6.45) is 0.520. The fourth-order valence-corrected chi connectivity index (χ4v) is 5.74. The third kappa shape index (κ3) is 5.44. The molecule has 0 bridgehead atoms. The average molecular weight is 451 g/mol. The molecule has 0 saturated carbocycles. The van der Waals surface area contributed by atoms with Crippen LogP contribution in [0.1, 0.15) is 22.3 Å². The molecule has 0 aliphatic carbocycles. The van der Waals surface area contributed by atoms with Gasteiger partial charge >= 0.3 is 0 Å². The molecule has 6 heteroatoms. The predicted octanol–water partition coefficient (Wildman–Crippen LogP) is 4.51. The van der Waals surface area contributed by atoms with Crippen LogP contribution in [-0.2, 0) is 21.2 Å². The van der Waals surface area contributed by atoms with E-state index in [0.29, 0.717) is 17.5 Å². The van der Waals surface area contributed by atoms with Crippen molar-refractivity contribution in [1.82, 2.24) is 4.31 Å². The highest BCUT2D eigenvalue weighted by Gasteiger charge is 2.30. The molecule has 0 atom stereocenters. The van der Waals surface area contributed by atoms with Gasteiger partial charge in [0.2, 0.25) is 15.9 Å². The molecular formula is C26H30N2O3S. The van der Waals surface area contributed by atoms with Crippen LogP contribution < -0.4 is 4.90 Å². The van der Waals surface area contributed by atoms with Crippen molar-refractivity contribution in [3.05, 3.63) is 95.1 Å². The van der Waals surface area contributed by atoms with Crippen molar-refractivity contribution in [3.8, 4) is 0 Å². The molecule has 3 rings (SSSR count). The molecule has 32 heavy (non-hydrogen) atoms. The fourth-order valence-electron chi connectivity index (χ4n) is 3.94. The maximum absolute atomic E-state index is 13.8. The Balaban J connectivity index is 1.94. The summed E-state index contributed by atoms with van der Waals surface area (Å²) in [5.74, 6) is -0.282. The maximum Gasteiger partial charge on any atom is 0.244 e. The second kappa shape index (κ2) is 10.1. The van der Waals surface area contributed by atoms with Crippen LogP contribution in [0.3, 0.4) is 0 Å². The quantitative estimate of drug-likeness (QED) is 0.507. The van der Waals surface area contributed by atoms with E-state index < -0.39 is 10.0 Å². The monoisotopic (exact) mass is 450 g/mol. The lowest BCUT2D eigenvalue weighted by molar-refractivity contribution is -0.118. The smallest absolute Gasteiger partial charge is 0.244 e. The first-order valence-electron chi connectivity index (χ1n) is 10.6. The molecule has 0 aliphatic heterocycles. The third-order valence-electron chi connectivity index (χ3n) is 5.52. The van der Waals surface area contributed by atoms with Gasteiger partial charge in [-0.25, -0.2) is 8.42 Å². The molecule has 1 amide bonds. The van der Waals surface area contributed by atoms with Crippen LogP contribution in [0.2, 0.25) is 0 Å². The van der Waals surface area contributed by atoms with Crippen molar-refractivity contribution < 1.29 is 13.2 Å². The Morgan fingerprint density at radius 2 is 1.38 bits per heavy atom. The minimum Gasteiger partial charge on any atom is -0.314 e. The molecule has 3 aromatic rings. The molecule has 0 aromatic heterocycles. The van der Waals surface area contributed by atoms with Crippen LogP contribution in [0.4, 0.5) is 5.69 Å². The van der Waals surface area contributed by atoms with E-state index in [1.54, 1.807) is 20.9 Å². The maximum atomic E-state index is 13.8. The number of anilines is 1. The minimum absolute atomic E-state index is 0.216. The minimum atomic E-state index is -3.87. The first-order valence-corrected chi connectivity index (χ1v) is 12.1. The highest BCUT2D eigenvalue weighted by atomic mass is 32.2. The van der Waals surface area contributed by atoms with Gasteiger partial charge in [-0.1, -0.05) is 66.2 Å². The predicted molar refractivity (Wildman–Crippen MR) is 129 cm³/mol. The van der Waals surface area contributed by atoms with Gasteiger partial charge in [0, 0.05) is 19.3 Å². The highest BCUT2D eigenvalue weighted by Crippen LogP contribution is 2.26. The van der Waals surface area contributed by atoms with Gasteiger partial charge in [-0.3, -0.25) is 4.79 Å². The lowest BCUT2D eigenvalue weighted by atomic mass is 10.1. The number of carbonyl (C=O) groups excluding carboxylic acids is 1. The van der Waals surface area contributed by atoms with E-state index in [4.69, 9.17) is 0 Å². The molecule has 0 fully saturated rings. The Hall–Kier alpha value is -2.96. The Labute approximate surface area is 191 Å². The van der Waals surface area contributed by atoms with Gasteiger partial charge < -0.3 is 4.90 Å². The molecule has 0 saturated heterocycles. The number of hydrogen-bond donors (Lipinski definition) is 0. The normalized spacial score (nSPS) is 11.5. The van der Waals surface area contributed by atoms with Gasteiger partial charge in [-0.2, -0.15) is 4.31 Å². The zero-order chi connectivity index (χ0) is 23.3. The van der Waals surface area contributed by atoms with Gasteiger partial charge in [-0.15, -0.1) is 0 Å². The summed E-state index contributed by atoms with van der Waals surface area (Å²) >= 11 is 0. The number of nitrogens with zero attached hydrogens (tertiary/aromatic N) is 2. The SMILES string of the molecule is Cc1cc(C)c(S(=O)(=O)N(CCc2ccccc2)CC(=O)N(C)c2ccccc2)c(C)c1. The number of carbonyl (C=O) groups is 1. The summed E-state index contributed by atoms with van der Waals surface area (Å²) in [6, 6.07) is 22.7. The molecule has 0 radical (unpaired) electrons. The number of aryl methyl sites for hydroxylation is 3. The zero-order valence-corrected chi connectivity index (χ0v) is 19.9. The summed E-state index contributed by atoms with van der Waals surface area (Å²) < 4.78 is 28.8. The highest BCUT2D eigenvalue weighted by molar-refractivity contribution is 7.89. The van der Waals surface area contributed by atoms with E-state index in [2.05, 4.69) is 0 Å². The van der Waals surface area contributed by atoms with Crippen molar-refractivity contribution in [1.29, 1.82) is 0 Å². The van der Waals surface area contributed by atoms with Crippen LogP contribution in [0.5, 0.6) is 0 Å². The molecule has 5 nitrogen and oxygen atoms in total. The molecule has 168 valence electrons. The van der Waals surface area contributed by atoms with E-state index in [9.17, 15) is 13.2 Å². The van der Waals surface area contributed by atoms with Crippen molar-refractivity contribution in [2.75, 3.05) is 25.0 Å². The first-order chi connectivity index (χ1) is 15.2. The van der Waals surface area contributed by atoms with Gasteiger partial charge in [-0.05, 0) is 56.0 Å². The topological polar surface area (TPSA) is 57.7 Å². The number of sulfonamides is 1. The van der Waals surface area contributed by atoms with Crippen LogP contribution in [0.25, 0.3) is 0 Å². The Kier molecular flexibility index (Phi) is 7.48. The van der Waals surface area contributed by atoms with Gasteiger partial charge in [0.1, 0.15) is 0 Å². The van der Waals surface area contributed by atoms with Crippen molar-refractivity contribution in [3.63, 3.8) is 0 Å². The Morgan fingerprint density at radius 3 is 1.94 bits per heavy atom. The van der Waals surface area contributed by atoms with Crippen LogP contribution in [0, 0.1) is 20.8 Å². The Bertz CT molecular complexity index is 1150. The van der Waals surface area contributed by atoms with Gasteiger partial charge in [0.05, 0.1) is 11.4 Å². The number of para-hydroxylation sites is 1. The average Bonchev–Trinajstić information content (AvgIpc) is 2.76. The van der Waals surface area contributed by atoms with Crippen molar-refractivity contribution in [2.45, 2.75) is 32.1 Å². The summed E-state index contributed by atoms with van der Waals surface area (Å²) in [4.78, 5) is 14.9.